The summed E-state index contributed by atoms with van der Waals surface area (Å²) in [6.07, 6.45) is 2.20. The molecule has 0 aliphatic carbocycles. The van der Waals surface area contributed by atoms with E-state index in [4.69, 9.17) is 4.74 Å². The van der Waals surface area contributed by atoms with Crippen LogP contribution in [0.4, 0.5) is 0 Å². The van der Waals surface area contributed by atoms with Crippen molar-refractivity contribution in [2.24, 2.45) is 0 Å². The fraction of sp³-hybridized carbons (Fsp3) is 0.400. The Labute approximate surface area is 118 Å². The lowest BCUT2D eigenvalue weighted by Gasteiger charge is -2.05. The first-order chi connectivity index (χ1) is 9.31. The van der Waals surface area contributed by atoms with Crippen molar-refractivity contribution < 1.29 is 4.74 Å². The Bertz CT molecular complexity index is 493. The molecule has 0 amide bonds. The minimum atomic E-state index is 0.547. The van der Waals surface area contributed by atoms with Crippen LogP contribution in [0.3, 0.4) is 0 Å². The summed E-state index contributed by atoms with van der Waals surface area (Å²) in [5.74, 6) is 0.893. The summed E-state index contributed by atoms with van der Waals surface area (Å²) in [6.45, 7) is 3.60. The average molecular weight is 276 g/mol. The van der Waals surface area contributed by atoms with Gasteiger partial charge in [0.1, 0.15) is 12.4 Å². The van der Waals surface area contributed by atoms with Crippen LogP contribution < -0.4 is 10.1 Å². The Hall–Kier alpha value is -1.39. The predicted octanol–water partition coefficient (Wildman–Crippen LogP) is 3.39. The van der Waals surface area contributed by atoms with Crippen molar-refractivity contribution in [3.63, 3.8) is 0 Å². The maximum atomic E-state index is 5.74. The van der Waals surface area contributed by atoms with Gasteiger partial charge in [-0.25, -0.2) is 4.98 Å². The van der Waals surface area contributed by atoms with Crippen LogP contribution in [0, 0.1) is 0 Å². The van der Waals surface area contributed by atoms with Gasteiger partial charge in [-0.3, -0.25) is 0 Å². The first-order valence-corrected chi connectivity index (χ1v) is 7.49. The van der Waals surface area contributed by atoms with E-state index in [2.05, 4.69) is 34.7 Å². The quantitative estimate of drug-likeness (QED) is 0.841. The highest BCUT2D eigenvalue weighted by molar-refractivity contribution is 7.09. The van der Waals surface area contributed by atoms with Gasteiger partial charge in [-0.2, -0.15) is 0 Å². The number of benzene rings is 1. The molecule has 102 valence electrons. The fourth-order valence-corrected chi connectivity index (χ4v) is 2.69. The number of hydrogen-bond donors (Lipinski definition) is 1. The third-order valence-corrected chi connectivity index (χ3v) is 3.71. The molecule has 19 heavy (non-hydrogen) atoms. The molecular weight excluding hydrogens is 256 g/mol. The molecular formula is C15H20N2OS. The number of ether oxygens (including phenoxy) is 1. The van der Waals surface area contributed by atoms with Gasteiger partial charge >= 0.3 is 0 Å². The van der Waals surface area contributed by atoms with Gasteiger partial charge in [-0.15, -0.1) is 11.3 Å². The van der Waals surface area contributed by atoms with Crippen LogP contribution in [0.2, 0.25) is 0 Å². The second kappa shape index (κ2) is 7.26. The average Bonchev–Trinajstić information content (AvgIpc) is 2.87. The van der Waals surface area contributed by atoms with E-state index in [0.717, 1.165) is 30.8 Å². The Morgan fingerprint density at radius 1 is 1.26 bits per heavy atom. The SMILES string of the molecule is CCCc1nc(COc2ccc(CNC)cc2)cs1. The minimum absolute atomic E-state index is 0.547. The molecule has 1 aromatic carbocycles. The second-order valence-corrected chi connectivity index (χ2v) is 5.39. The number of rotatable bonds is 7. The third-order valence-electron chi connectivity index (χ3n) is 2.75. The largest absolute Gasteiger partial charge is 0.487 e. The van der Waals surface area contributed by atoms with Crippen molar-refractivity contribution >= 4 is 11.3 Å². The second-order valence-electron chi connectivity index (χ2n) is 4.45. The molecule has 2 aromatic rings. The maximum Gasteiger partial charge on any atom is 0.131 e. The van der Waals surface area contributed by atoms with Crippen molar-refractivity contribution in [3.8, 4) is 5.75 Å². The highest BCUT2D eigenvalue weighted by atomic mass is 32.1. The summed E-state index contributed by atoms with van der Waals surface area (Å²) in [5, 5.41) is 6.41. The van der Waals surface area contributed by atoms with Crippen molar-refractivity contribution in [1.82, 2.24) is 10.3 Å². The van der Waals surface area contributed by atoms with E-state index in [1.807, 2.05) is 19.2 Å². The van der Waals surface area contributed by atoms with Gasteiger partial charge in [0.05, 0.1) is 10.7 Å². The van der Waals surface area contributed by atoms with Crippen molar-refractivity contribution in [1.29, 1.82) is 0 Å². The van der Waals surface area contributed by atoms with Crippen molar-refractivity contribution in [3.05, 3.63) is 45.9 Å². The van der Waals surface area contributed by atoms with Crippen LogP contribution in [0.25, 0.3) is 0 Å². The monoisotopic (exact) mass is 276 g/mol. The van der Waals surface area contributed by atoms with Crippen LogP contribution in [-0.4, -0.2) is 12.0 Å². The Morgan fingerprint density at radius 3 is 2.74 bits per heavy atom. The van der Waals surface area contributed by atoms with E-state index in [0.29, 0.717) is 6.61 Å². The summed E-state index contributed by atoms with van der Waals surface area (Å²) in [5.41, 5.74) is 2.28. The van der Waals surface area contributed by atoms with Gasteiger partial charge in [-0.05, 0) is 37.6 Å². The lowest BCUT2D eigenvalue weighted by Crippen LogP contribution is -2.04. The summed E-state index contributed by atoms with van der Waals surface area (Å²) in [6, 6.07) is 8.17. The molecule has 1 heterocycles. The Morgan fingerprint density at radius 2 is 2.05 bits per heavy atom. The Kier molecular flexibility index (Phi) is 5.36. The maximum absolute atomic E-state index is 5.74. The molecule has 1 N–H and O–H groups in total. The summed E-state index contributed by atoms with van der Waals surface area (Å²) >= 11 is 1.72. The number of hydrogen-bond acceptors (Lipinski definition) is 4. The van der Waals surface area contributed by atoms with Crippen LogP contribution in [0.1, 0.15) is 29.6 Å². The van der Waals surface area contributed by atoms with Crippen LogP contribution >= 0.6 is 11.3 Å². The van der Waals surface area contributed by atoms with E-state index in [-0.39, 0.29) is 0 Å². The summed E-state index contributed by atoms with van der Waals surface area (Å²) < 4.78 is 5.74. The van der Waals surface area contributed by atoms with E-state index in [9.17, 15) is 0 Å². The standard InChI is InChI=1S/C15H20N2OS/c1-3-4-15-17-13(11-19-15)10-18-14-7-5-12(6-8-14)9-16-2/h5-8,11,16H,3-4,9-10H2,1-2H3. The molecule has 3 nitrogen and oxygen atoms in total. The highest BCUT2D eigenvalue weighted by Gasteiger charge is 2.02. The molecule has 0 fully saturated rings. The molecule has 0 saturated carbocycles. The lowest BCUT2D eigenvalue weighted by atomic mass is 10.2. The number of thiazole rings is 1. The number of aryl methyl sites for hydroxylation is 1. The lowest BCUT2D eigenvalue weighted by molar-refractivity contribution is 0.302. The molecule has 0 bridgehead atoms. The zero-order valence-corrected chi connectivity index (χ0v) is 12.3. The molecule has 2 rings (SSSR count). The van der Waals surface area contributed by atoms with Gasteiger partial charge < -0.3 is 10.1 Å². The minimum Gasteiger partial charge on any atom is -0.487 e. The first kappa shape index (κ1) is 14.0. The van der Waals surface area contributed by atoms with Crippen LogP contribution in [0.5, 0.6) is 5.75 Å². The molecule has 0 aliphatic heterocycles. The number of nitrogens with one attached hydrogen (secondary N) is 1. The molecule has 0 unspecified atom stereocenters. The molecule has 4 heteroatoms. The van der Waals surface area contributed by atoms with Gasteiger partial charge in [0, 0.05) is 11.9 Å². The van der Waals surface area contributed by atoms with Crippen molar-refractivity contribution in [2.45, 2.75) is 32.9 Å². The normalized spacial score (nSPS) is 10.6. The number of nitrogens with zero attached hydrogens (tertiary/aromatic N) is 1. The molecule has 0 atom stereocenters. The summed E-state index contributed by atoms with van der Waals surface area (Å²) in [4.78, 5) is 4.55. The van der Waals surface area contributed by atoms with E-state index in [1.165, 1.54) is 10.6 Å². The molecule has 0 saturated heterocycles. The topological polar surface area (TPSA) is 34.1 Å². The molecule has 1 aromatic heterocycles. The third kappa shape index (κ3) is 4.33. The van der Waals surface area contributed by atoms with Crippen molar-refractivity contribution in [2.75, 3.05) is 7.05 Å². The molecule has 0 radical (unpaired) electrons. The van der Waals surface area contributed by atoms with Gasteiger partial charge in [-0.1, -0.05) is 19.1 Å². The summed E-state index contributed by atoms with van der Waals surface area (Å²) in [7, 11) is 1.94. The molecule has 0 aliphatic rings. The predicted molar refractivity (Wildman–Crippen MR) is 79.6 cm³/mol. The van der Waals surface area contributed by atoms with E-state index >= 15 is 0 Å². The first-order valence-electron chi connectivity index (χ1n) is 6.61. The van der Waals surface area contributed by atoms with Gasteiger partial charge in [0.15, 0.2) is 0 Å². The zero-order chi connectivity index (χ0) is 13.5. The molecule has 0 spiro atoms. The van der Waals surface area contributed by atoms with Gasteiger partial charge in [0.2, 0.25) is 0 Å². The highest BCUT2D eigenvalue weighted by Crippen LogP contribution is 2.16. The Balaban J connectivity index is 1.86. The smallest absolute Gasteiger partial charge is 0.131 e. The van der Waals surface area contributed by atoms with Gasteiger partial charge in [0.25, 0.3) is 0 Å². The van der Waals surface area contributed by atoms with E-state index < -0.39 is 0 Å². The number of aromatic nitrogens is 1. The van der Waals surface area contributed by atoms with E-state index in [1.54, 1.807) is 11.3 Å². The fourth-order valence-electron chi connectivity index (χ4n) is 1.81. The van der Waals surface area contributed by atoms with Crippen LogP contribution in [0.15, 0.2) is 29.6 Å². The zero-order valence-electron chi connectivity index (χ0n) is 11.5. The van der Waals surface area contributed by atoms with Crippen LogP contribution in [-0.2, 0) is 19.6 Å².